The molecule has 0 amide bonds. The summed E-state index contributed by atoms with van der Waals surface area (Å²) in [7, 11) is 2.07. The predicted molar refractivity (Wildman–Crippen MR) is 86.5 cm³/mol. The quantitative estimate of drug-likeness (QED) is 0.920. The molecule has 0 saturated heterocycles. The minimum Gasteiger partial charge on any atom is -0.313 e. The first-order chi connectivity index (χ1) is 10.3. The molecule has 0 aliphatic heterocycles. The van der Waals surface area contributed by atoms with Crippen molar-refractivity contribution < 1.29 is 0 Å². The summed E-state index contributed by atoms with van der Waals surface area (Å²) >= 11 is 0. The number of benzene rings is 1. The average molecular weight is 283 g/mol. The lowest BCUT2D eigenvalue weighted by Crippen LogP contribution is -2.28. The minimum absolute atomic E-state index is 0.426. The molecule has 21 heavy (non-hydrogen) atoms. The summed E-state index contributed by atoms with van der Waals surface area (Å²) in [5.41, 5.74) is 2.43. The first-order valence-electron chi connectivity index (χ1n) is 8.05. The van der Waals surface area contributed by atoms with Gasteiger partial charge in [0, 0.05) is 17.8 Å². The molecule has 1 heterocycles. The Balaban J connectivity index is 1.77. The lowest BCUT2D eigenvalue weighted by atomic mass is 9.78. The summed E-state index contributed by atoms with van der Waals surface area (Å²) < 4.78 is 1.98. The third-order valence-electron chi connectivity index (χ3n) is 4.83. The van der Waals surface area contributed by atoms with E-state index in [1.807, 2.05) is 16.9 Å². The molecule has 1 fully saturated rings. The van der Waals surface area contributed by atoms with E-state index in [-0.39, 0.29) is 0 Å². The van der Waals surface area contributed by atoms with E-state index in [9.17, 15) is 0 Å². The van der Waals surface area contributed by atoms with Crippen LogP contribution in [0.2, 0.25) is 0 Å². The third kappa shape index (κ3) is 3.18. The van der Waals surface area contributed by atoms with Crippen LogP contribution in [0.1, 0.15) is 44.2 Å². The van der Waals surface area contributed by atoms with E-state index < -0.39 is 0 Å². The summed E-state index contributed by atoms with van der Waals surface area (Å²) in [6.45, 7) is 2.37. The van der Waals surface area contributed by atoms with E-state index in [4.69, 9.17) is 0 Å². The Morgan fingerprint density at radius 2 is 1.86 bits per heavy atom. The summed E-state index contributed by atoms with van der Waals surface area (Å²) in [5, 5.41) is 8.06. The van der Waals surface area contributed by atoms with Crippen LogP contribution >= 0.6 is 0 Å². The maximum Gasteiger partial charge on any atom is 0.0645 e. The van der Waals surface area contributed by atoms with Crippen LogP contribution in [0.5, 0.6) is 0 Å². The van der Waals surface area contributed by atoms with Gasteiger partial charge in [0.1, 0.15) is 0 Å². The molecule has 1 saturated carbocycles. The smallest absolute Gasteiger partial charge is 0.0645 e. The van der Waals surface area contributed by atoms with Crippen molar-refractivity contribution in [2.45, 2.75) is 38.6 Å². The van der Waals surface area contributed by atoms with E-state index in [0.29, 0.717) is 6.04 Å². The highest BCUT2D eigenvalue weighted by atomic mass is 15.3. The number of nitrogens with zero attached hydrogens (tertiary/aromatic N) is 2. The molecule has 1 aliphatic carbocycles. The molecule has 0 spiro atoms. The first-order valence-corrected chi connectivity index (χ1v) is 8.05. The van der Waals surface area contributed by atoms with Crippen LogP contribution in [0.25, 0.3) is 5.69 Å². The molecule has 0 bridgehead atoms. The molecule has 1 aliphatic rings. The fourth-order valence-electron chi connectivity index (χ4n) is 3.51. The zero-order valence-electron chi connectivity index (χ0n) is 13.0. The highest BCUT2D eigenvalue weighted by Crippen LogP contribution is 2.36. The second-order valence-corrected chi connectivity index (χ2v) is 6.34. The van der Waals surface area contributed by atoms with Crippen LogP contribution in [-0.2, 0) is 0 Å². The van der Waals surface area contributed by atoms with E-state index >= 15 is 0 Å². The average Bonchev–Trinajstić information content (AvgIpc) is 3.00. The maximum atomic E-state index is 4.54. The Kier molecular flexibility index (Phi) is 4.39. The minimum atomic E-state index is 0.426. The largest absolute Gasteiger partial charge is 0.313 e. The van der Waals surface area contributed by atoms with Crippen molar-refractivity contribution in [3.63, 3.8) is 0 Å². The van der Waals surface area contributed by atoms with Crippen LogP contribution in [0.3, 0.4) is 0 Å². The van der Waals surface area contributed by atoms with E-state index in [2.05, 4.69) is 54.8 Å². The van der Waals surface area contributed by atoms with Crippen LogP contribution in [0.4, 0.5) is 0 Å². The molecule has 0 radical (unpaired) electrons. The van der Waals surface area contributed by atoms with Crippen molar-refractivity contribution in [2.75, 3.05) is 7.05 Å². The Labute approximate surface area is 127 Å². The number of hydrogen-bond donors (Lipinski definition) is 1. The highest BCUT2D eigenvalue weighted by molar-refractivity contribution is 5.31. The van der Waals surface area contributed by atoms with Gasteiger partial charge in [-0.1, -0.05) is 38.0 Å². The third-order valence-corrected chi connectivity index (χ3v) is 4.83. The zero-order valence-corrected chi connectivity index (χ0v) is 13.0. The van der Waals surface area contributed by atoms with Crippen molar-refractivity contribution in [1.29, 1.82) is 0 Å². The molecule has 1 atom stereocenters. The van der Waals surface area contributed by atoms with Crippen LogP contribution in [0, 0.1) is 11.8 Å². The topological polar surface area (TPSA) is 29.9 Å². The molecule has 1 unspecified atom stereocenters. The molecule has 1 aromatic heterocycles. The molecular formula is C18H25N3. The zero-order chi connectivity index (χ0) is 14.7. The van der Waals surface area contributed by atoms with Gasteiger partial charge < -0.3 is 5.32 Å². The van der Waals surface area contributed by atoms with Gasteiger partial charge in [-0.2, -0.15) is 5.10 Å². The Morgan fingerprint density at radius 3 is 2.52 bits per heavy atom. The summed E-state index contributed by atoms with van der Waals surface area (Å²) in [4.78, 5) is 0. The fourth-order valence-corrected chi connectivity index (χ4v) is 3.51. The molecule has 3 heteroatoms. The number of nitrogens with one attached hydrogen (secondary N) is 1. The Morgan fingerprint density at radius 1 is 1.14 bits per heavy atom. The molecular weight excluding hydrogens is 258 g/mol. The van der Waals surface area contributed by atoms with Crippen molar-refractivity contribution in [3.8, 4) is 5.69 Å². The molecule has 112 valence electrons. The summed E-state index contributed by atoms with van der Waals surface area (Å²) in [5.74, 6) is 1.63. The normalized spacial score (nSPS) is 23.9. The monoisotopic (exact) mass is 283 g/mol. The van der Waals surface area contributed by atoms with E-state index in [0.717, 1.165) is 17.5 Å². The van der Waals surface area contributed by atoms with Gasteiger partial charge in [0.15, 0.2) is 0 Å². The predicted octanol–water partition coefficient (Wildman–Crippen LogP) is 3.96. The standard InChI is InChI=1S/C18H25N3/c1-14-8-10-15(11-9-14)18(19-2)16-12-20-21(13-16)17-6-4-3-5-7-17/h3-7,12-15,18-19H,8-11H2,1-2H3. The second-order valence-electron chi connectivity index (χ2n) is 6.34. The number of aromatic nitrogens is 2. The van der Waals surface area contributed by atoms with Crippen molar-refractivity contribution in [1.82, 2.24) is 15.1 Å². The van der Waals surface area contributed by atoms with Gasteiger partial charge in [-0.05, 0) is 43.9 Å². The van der Waals surface area contributed by atoms with Gasteiger partial charge in [-0.25, -0.2) is 4.68 Å². The molecule has 3 nitrogen and oxygen atoms in total. The van der Waals surface area contributed by atoms with Gasteiger partial charge in [0.05, 0.1) is 11.9 Å². The van der Waals surface area contributed by atoms with E-state index in [1.165, 1.54) is 31.2 Å². The van der Waals surface area contributed by atoms with Crippen molar-refractivity contribution in [3.05, 3.63) is 48.3 Å². The molecule has 2 aromatic rings. The number of rotatable bonds is 4. The molecule has 3 rings (SSSR count). The summed E-state index contributed by atoms with van der Waals surface area (Å²) in [6.07, 6.45) is 9.55. The van der Waals surface area contributed by atoms with Crippen LogP contribution < -0.4 is 5.32 Å². The Bertz CT molecular complexity index is 553. The van der Waals surface area contributed by atoms with Gasteiger partial charge in [0.25, 0.3) is 0 Å². The first kappa shape index (κ1) is 14.3. The van der Waals surface area contributed by atoms with Gasteiger partial charge in [-0.3, -0.25) is 0 Å². The Hall–Kier alpha value is -1.61. The van der Waals surface area contributed by atoms with Gasteiger partial charge in [0.2, 0.25) is 0 Å². The lowest BCUT2D eigenvalue weighted by Gasteiger charge is -2.32. The van der Waals surface area contributed by atoms with Crippen LogP contribution in [-0.4, -0.2) is 16.8 Å². The second kappa shape index (κ2) is 6.44. The van der Waals surface area contributed by atoms with E-state index in [1.54, 1.807) is 0 Å². The van der Waals surface area contributed by atoms with Gasteiger partial charge in [-0.15, -0.1) is 0 Å². The number of para-hydroxylation sites is 1. The maximum absolute atomic E-state index is 4.54. The van der Waals surface area contributed by atoms with Crippen LogP contribution in [0.15, 0.2) is 42.7 Å². The van der Waals surface area contributed by atoms with Crippen molar-refractivity contribution >= 4 is 0 Å². The molecule has 1 N–H and O–H groups in total. The fraction of sp³-hybridized carbons (Fsp3) is 0.500. The number of hydrogen-bond acceptors (Lipinski definition) is 2. The highest BCUT2D eigenvalue weighted by Gasteiger charge is 2.27. The van der Waals surface area contributed by atoms with Gasteiger partial charge >= 0.3 is 0 Å². The SMILES string of the molecule is CNC(c1cnn(-c2ccccc2)c1)C1CCC(C)CC1. The molecule has 1 aromatic carbocycles. The summed E-state index contributed by atoms with van der Waals surface area (Å²) in [6, 6.07) is 10.7. The van der Waals surface area contributed by atoms with Crippen molar-refractivity contribution in [2.24, 2.45) is 11.8 Å². The lowest BCUT2D eigenvalue weighted by molar-refractivity contribution is 0.238.